The van der Waals surface area contributed by atoms with Crippen LogP contribution in [0.5, 0.6) is 0 Å². The summed E-state index contributed by atoms with van der Waals surface area (Å²) in [5, 5.41) is 6.25. The summed E-state index contributed by atoms with van der Waals surface area (Å²) >= 11 is 13.1. The number of carbonyl (C=O) groups is 2. The lowest BCUT2D eigenvalue weighted by Crippen LogP contribution is -2.51. The van der Waals surface area contributed by atoms with Crippen LogP contribution in [0.15, 0.2) is 91.0 Å². The number of carbonyl (C=O) groups excluding carboxylic acids is 2. The smallest absolute Gasteiger partial charge is 0.243 e. The molecule has 4 aromatic rings. The van der Waals surface area contributed by atoms with E-state index in [0.717, 1.165) is 21.9 Å². The standard InChI is InChI=1S/C33H34Cl2N2O2/c1-23(2)21-36-33(39)31(20-24-10-4-3-5-11-24)37(22-28-29(34)16-9-17-30(28)35)32(38)19-18-26-14-8-13-25-12-6-7-15-27(25)26/h3-17,23,31H,18-22H2,1-2H3,(H,36,39)/t31-/m1/s1. The van der Waals surface area contributed by atoms with Gasteiger partial charge in [-0.15, -0.1) is 0 Å². The minimum Gasteiger partial charge on any atom is -0.354 e. The summed E-state index contributed by atoms with van der Waals surface area (Å²) in [6.45, 7) is 4.75. The summed E-state index contributed by atoms with van der Waals surface area (Å²) < 4.78 is 0. The monoisotopic (exact) mass is 560 g/mol. The lowest BCUT2D eigenvalue weighted by molar-refractivity contribution is -0.141. The van der Waals surface area contributed by atoms with E-state index >= 15 is 0 Å². The molecule has 4 rings (SSSR count). The molecule has 0 spiro atoms. The van der Waals surface area contributed by atoms with Crippen molar-refractivity contribution in [3.63, 3.8) is 0 Å². The van der Waals surface area contributed by atoms with E-state index in [9.17, 15) is 9.59 Å². The van der Waals surface area contributed by atoms with E-state index in [2.05, 4.69) is 29.6 Å². The van der Waals surface area contributed by atoms with Crippen molar-refractivity contribution in [2.75, 3.05) is 6.54 Å². The number of hydrogen-bond acceptors (Lipinski definition) is 2. The zero-order valence-corrected chi connectivity index (χ0v) is 23.9. The Morgan fingerprint density at radius 2 is 1.46 bits per heavy atom. The number of aryl methyl sites for hydroxylation is 1. The molecule has 202 valence electrons. The van der Waals surface area contributed by atoms with Crippen molar-refractivity contribution in [1.29, 1.82) is 0 Å². The maximum Gasteiger partial charge on any atom is 0.243 e. The Kier molecular flexibility index (Phi) is 10.0. The number of hydrogen-bond donors (Lipinski definition) is 1. The molecular weight excluding hydrogens is 527 g/mol. The van der Waals surface area contributed by atoms with Crippen LogP contribution in [0.25, 0.3) is 10.8 Å². The minimum absolute atomic E-state index is 0.125. The van der Waals surface area contributed by atoms with Gasteiger partial charge in [0.1, 0.15) is 6.04 Å². The second-order valence-electron chi connectivity index (χ2n) is 10.2. The predicted molar refractivity (Wildman–Crippen MR) is 161 cm³/mol. The average molecular weight is 562 g/mol. The van der Waals surface area contributed by atoms with E-state index in [0.29, 0.717) is 35.0 Å². The Bertz CT molecular complexity index is 1400. The fourth-order valence-electron chi connectivity index (χ4n) is 4.73. The van der Waals surface area contributed by atoms with E-state index in [4.69, 9.17) is 23.2 Å². The molecule has 1 atom stereocenters. The molecule has 0 radical (unpaired) electrons. The third-order valence-corrected chi connectivity index (χ3v) is 7.54. The molecule has 0 aliphatic rings. The van der Waals surface area contributed by atoms with E-state index in [1.165, 1.54) is 0 Å². The first-order valence-corrected chi connectivity index (χ1v) is 14.1. The van der Waals surface area contributed by atoms with E-state index in [1.807, 2.05) is 62.4 Å². The third kappa shape index (κ3) is 7.62. The maximum absolute atomic E-state index is 14.0. The van der Waals surface area contributed by atoms with Gasteiger partial charge in [0.15, 0.2) is 0 Å². The molecule has 2 amide bonds. The van der Waals surface area contributed by atoms with Gasteiger partial charge in [0, 0.05) is 41.5 Å². The molecule has 0 aromatic heterocycles. The van der Waals surface area contributed by atoms with E-state index < -0.39 is 6.04 Å². The SMILES string of the molecule is CC(C)CNC(=O)[C@@H](Cc1ccccc1)N(Cc1c(Cl)cccc1Cl)C(=O)CCc1cccc2ccccc12. The van der Waals surface area contributed by atoms with Crippen molar-refractivity contribution in [2.24, 2.45) is 5.92 Å². The molecule has 6 heteroatoms. The number of nitrogens with zero attached hydrogens (tertiary/aromatic N) is 1. The van der Waals surface area contributed by atoms with Crippen molar-refractivity contribution in [1.82, 2.24) is 10.2 Å². The quantitative estimate of drug-likeness (QED) is 0.206. The first-order valence-electron chi connectivity index (χ1n) is 13.3. The van der Waals surface area contributed by atoms with Crippen LogP contribution < -0.4 is 5.32 Å². The second kappa shape index (κ2) is 13.6. The molecule has 39 heavy (non-hydrogen) atoms. The Hall–Kier alpha value is -3.34. The Morgan fingerprint density at radius 1 is 0.821 bits per heavy atom. The van der Waals surface area contributed by atoms with Gasteiger partial charge < -0.3 is 10.2 Å². The minimum atomic E-state index is -0.724. The lowest BCUT2D eigenvalue weighted by Gasteiger charge is -2.32. The van der Waals surface area contributed by atoms with Gasteiger partial charge in [-0.05, 0) is 46.4 Å². The fraction of sp³-hybridized carbons (Fsp3) is 0.273. The highest BCUT2D eigenvalue weighted by molar-refractivity contribution is 6.36. The van der Waals surface area contributed by atoms with Crippen LogP contribution in [-0.4, -0.2) is 29.3 Å². The molecule has 0 fully saturated rings. The summed E-state index contributed by atoms with van der Waals surface area (Å²) in [4.78, 5) is 29.3. The van der Waals surface area contributed by atoms with Crippen LogP contribution in [0.4, 0.5) is 0 Å². The van der Waals surface area contributed by atoms with Crippen LogP contribution in [-0.2, 0) is 29.0 Å². The van der Waals surface area contributed by atoms with Crippen molar-refractivity contribution in [3.8, 4) is 0 Å². The first kappa shape index (κ1) is 28.7. The van der Waals surface area contributed by atoms with Gasteiger partial charge in [-0.3, -0.25) is 9.59 Å². The fourth-order valence-corrected chi connectivity index (χ4v) is 5.24. The Labute approximate surface area is 240 Å². The number of fused-ring (bicyclic) bond motifs is 1. The number of nitrogens with one attached hydrogen (secondary N) is 1. The van der Waals surface area contributed by atoms with Crippen LogP contribution >= 0.6 is 23.2 Å². The second-order valence-corrected chi connectivity index (χ2v) is 11.0. The van der Waals surface area contributed by atoms with Gasteiger partial charge >= 0.3 is 0 Å². The predicted octanol–water partition coefficient (Wildman–Crippen LogP) is 7.49. The van der Waals surface area contributed by atoms with E-state index in [1.54, 1.807) is 23.1 Å². The van der Waals surface area contributed by atoms with Gasteiger partial charge in [-0.2, -0.15) is 0 Å². The topological polar surface area (TPSA) is 49.4 Å². The molecule has 4 aromatic carbocycles. The zero-order valence-electron chi connectivity index (χ0n) is 22.4. The first-order chi connectivity index (χ1) is 18.8. The van der Waals surface area contributed by atoms with E-state index in [-0.39, 0.29) is 30.7 Å². The van der Waals surface area contributed by atoms with Crippen LogP contribution in [0.1, 0.15) is 37.0 Å². The van der Waals surface area contributed by atoms with Crippen molar-refractivity contribution in [2.45, 2.75) is 45.7 Å². The van der Waals surface area contributed by atoms with Crippen molar-refractivity contribution < 1.29 is 9.59 Å². The molecule has 0 heterocycles. The molecule has 0 aliphatic heterocycles. The van der Waals surface area contributed by atoms with Gasteiger partial charge in [0.05, 0.1) is 0 Å². The van der Waals surface area contributed by atoms with Crippen LogP contribution in [0.2, 0.25) is 10.0 Å². The molecule has 0 saturated carbocycles. The van der Waals surface area contributed by atoms with Crippen LogP contribution in [0, 0.1) is 5.92 Å². The molecule has 0 bridgehead atoms. The average Bonchev–Trinajstić information content (AvgIpc) is 2.94. The molecular formula is C33H34Cl2N2O2. The third-order valence-electron chi connectivity index (χ3n) is 6.83. The van der Waals surface area contributed by atoms with Gasteiger partial charge in [0.25, 0.3) is 0 Å². The number of amides is 2. The van der Waals surface area contributed by atoms with Crippen molar-refractivity contribution >= 4 is 45.8 Å². The largest absolute Gasteiger partial charge is 0.354 e. The highest BCUT2D eigenvalue weighted by Crippen LogP contribution is 2.28. The highest BCUT2D eigenvalue weighted by Gasteiger charge is 2.31. The summed E-state index contributed by atoms with van der Waals surface area (Å²) in [5.74, 6) is -0.0337. The maximum atomic E-state index is 14.0. The Morgan fingerprint density at radius 3 is 2.18 bits per heavy atom. The Balaban J connectivity index is 1.67. The van der Waals surface area contributed by atoms with Crippen LogP contribution in [0.3, 0.4) is 0 Å². The van der Waals surface area contributed by atoms with Gasteiger partial charge in [0.2, 0.25) is 11.8 Å². The zero-order chi connectivity index (χ0) is 27.8. The molecule has 4 nitrogen and oxygen atoms in total. The summed E-state index contributed by atoms with van der Waals surface area (Å²) in [7, 11) is 0. The normalized spacial score (nSPS) is 11.9. The summed E-state index contributed by atoms with van der Waals surface area (Å²) in [5.41, 5.74) is 2.70. The number of halogens is 2. The molecule has 0 aliphatic carbocycles. The molecule has 1 N–H and O–H groups in total. The summed E-state index contributed by atoms with van der Waals surface area (Å²) in [6.07, 6.45) is 1.18. The van der Waals surface area contributed by atoms with Gasteiger partial charge in [-0.1, -0.05) is 116 Å². The van der Waals surface area contributed by atoms with Gasteiger partial charge in [-0.25, -0.2) is 0 Å². The number of rotatable bonds is 11. The lowest BCUT2D eigenvalue weighted by atomic mass is 9.99. The van der Waals surface area contributed by atoms with Crippen molar-refractivity contribution in [3.05, 3.63) is 118 Å². The summed E-state index contributed by atoms with van der Waals surface area (Å²) in [6, 6.07) is 28.6. The number of benzene rings is 4. The molecule has 0 saturated heterocycles. The molecule has 0 unspecified atom stereocenters. The highest BCUT2D eigenvalue weighted by atomic mass is 35.5.